The van der Waals surface area contributed by atoms with Gasteiger partial charge in [-0.15, -0.1) is 0 Å². The Hall–Kier alpha value is -3.10. The van der Waals surface area contributed by atoms with Crippen LogP contribution in [0, 0.1) is 11.8 Å². The Morgan fingerprint density at radius 3 is 2.73 bits per heavy atom. The summed E-state index contributed by atoms with van der Waals surface area (Å²) in [6.45, 7) is 3.03. The van der Waals surface area contributed by atoms with Crippen LogP contribution >= 0.6 is 0 Å². The number of ether oxygens (including phenoxy) is 3. The van der Waals surface area contributed by atoms with Crippen LogP contribution in [0.3, 0.4) is 0 Å². The number of esters is 1. The third-order valence-electron chi connectivity index (χ3n) is 5.60. The van der Waals surface area contributed by atoms with Gasteiger partial charge in [-0.3, -0.25) is 4.79 Å². The van der Waals surface area contributed by atoms with Gasteiger partial charge in [-0.05, 0) is 37.0 Å². The highest BCUT2D eigenvalue weighted by atomic mass is 16.6. The standard InChI is InChI=1S/C28H32O5/c1-3-11-23-22(15-16-24-25(29)17-19-33-27(23)24)14-9-4-5-10-18-32-26(28(30)31-2)20-21-12-7-6-8-13-21/h6-8,12-13,15-16,26H,3-5,10-11,17-20H2,1-2H3. The number of unbranched alkanes of at least 4 members (excludes halogenated alkanes) is 2. The second-order valence-corrected chi connectivity index (χ2v) is 8.07. The van der Waals surface area contributed by atoms with Crippen LogP contribution in [0.4, 0.5) is 0 Å². The van der Waals surface area contributed by atoms with E-state index in [1.165, 1.54) is 7.11 Å². The molecule has 0 amide bonds. The van der Waals surface area contributed by atoms with Gasteiger partial charge < -0.3 is 14.2 Å². The fourth-order valence-corrected chi connectivity index (χ4v) is 3.88. The number of hydrogen-bond acceptors (Lipinski definition) is 5. The number of ketones is 1. The van der Waals surface area contributed by atoms with Crippen molar-refractivity contribution >= 4 is 11.8 Å². The topological polar surface area (TPSA) is 61.8 Å². The zero-order chi connectivity index (χ0) is 23.5. The van der Waals surface area contributed by atoms with Crippen LogP contribution in [0.5, 0.6) is 5.75 Å². The van der Waals surface area contributed by atoms with Crippen molar-refractivity contribution in [2.45, 2.75) is 58.0 Å². The number of carbonyl (C=O) groups excluding carboxylic acids is 2. The highest BCUT2D eigenvalue weighted by Gasteiger charge is 2.23. The van der Waals surface area contributed by atoms with Gasteiger partial charge in [-0.25, -0.2) is 4.79 Å². The third-order valence-corrected chi connectivity index (χ3v) is 5.60. The predicted molar refractivity (Wildman–Crippen MR) is 128 cm³/mol. The molecule has 0 saturated carbocycles. The van der Waals surface area contributed by atoms with Crippen molar-refractivity contribution in [3.63, 3.8) is 0 Å². The zero-order valence-electron chi connectivity index (χ0n) is 19.5. The van der Waals surface area contributed by atoms with E-state index in [1.54, 1.807) is 0 Å². The fourth-order valence-electron chi connectivity index (χ4n) is 3.88. The van der Waals surface area contributed by atoms with Gasteiger partial charge >= 0.3 is 5.97 Å². The molecule has 0 radical (unpaired) electrons. The molecule has 174 valence electrons. The minimum atomic E-state index is -0.599. The first-order valence-corrected chi connectivity index (χ1v) is 11.7. The molecule has 1 atom stereocenters. The molecular weight excluding hydrogens is 416 g/mol. The van der Waals surface area contributed by atoms with E-state index in [2.05, 4.69) is 18.8 Å². The highest BCUT2D eigenvalue weighted by Crippen LogP contribution is 2.32. The van der Waals surface area contributed by atoms with Gasteiger partial charge in [-0.1, -0.05) is 55.5 Å². The molecule has 5 nitrogen and oxygen atoms in total. The summed E-state index contributed by atoms with van der Waals surface area (Å²) in [5, 5.41) is 0. The van der Waals surface area contributed by atoms with Crippen LogP contribution in [0.1, 0.15) is 66.1 Å². The molecule has 0 spiro atoms. The maximum absolute atomic E-state index is 12.2. The second-order valence-electron chi connectivity index (χ2n) is 8.07. The van der Waals surface area contributed by atoms with Gasteiger partial charge in [0.25, 0.3) is 0 Å². The first kappa shape index (κ1) is 24.5. The molecule has 0 fully saturated rings. The van der Waals surface area contributed by atoms with E-state index in [4.69, 9.17) is 14.2 Å². The minimum absolute atomic E-state index is 0.144. The molecule has 2 aromatic rings. The Kier molecular flexibility index (Phi) is 9.53. The van der Waals surface area contributed by atoms with Gasteiger partial charge in [0.05, 0.1) is 19.3 Å². The molecule has 0 bridgehead atoms. The van der Waals surface area contributed by atoms with E-state index in [0.29, 0.717) is 31.6 Å². The maximum atomic E-state index is 12.2. The van der Waals surface area contributed by atoms with Crippen molar-refractivity contribution in [1.29, 1.82) is 0 Å². The average Bonchev–Trinajstić information content (AvgIpc) is 2.84. The van der Waals surface area contributed by atoms with Crippen molar-refractivity contribution < 1.29 is 23.8 Å². The lowest BCUT2D eigenvalue weighted by atomic mass is 9.94. The van der Waals surface area contributed by atoms with Crippen LogP contribution in [0.2, 0.25) is 0 Å². The molecule has 1 aliphatic rings. The fraction of sp³-hybridized carbons (Fsp3) is 0.429. The highest BCUT2D eigenvalue weighted by molar-refractivity contribution is 6.00. The Labute approximate surface area is 196 Å². The van der Waals surface area contributed by atoms with Crippen molar-refractivity contribution in [3.05, 3.63) is 64.7 Å². The van der Waals surface area contributed by atoms with Gasteiger partial charge in [0, 0.05) is 37.0 Å². The van der Waals surface area contributed by atoms with Crippen molar-refractivity contribution in [3.8, 4) is 17.6 Å². The van der Waals surface area contributed by atoms with E-state index >= 15 is 0 Å². The first-order valence-electron chi connectivity index (χ1n) is 11.7. The number of methoxy groups -OCH3 is 1. The second kappa shape index (κ2) is 12.8. The number of carbonyl (C=O) groups is 2. The van der Waals surface area contributed by atoms with Gasteiger partial charge in [0.15, 0.2) is 11.9 Å². The first-order chi connectivity index (χ1) is 16.1. The molecule has 1 aliphatic heterocycles. The van der Waals surface area contributed by atoms with Crippen LogP contribution in [-0.4, -0.2) is 38.2 Å². The number of fused-ring (bicyclic) bond motifs is 1. The zero-order valence-corrected chi connectivity index (χ0v) is 19.5. The van der Waals surface area contributed by atoms with Gasteiger partial charge in [0.1, 0.15) is 5.75 Å². The summed E-state index contributed by atoms with van der Waals surface area (Å²) in [5.41, 5.74) is 3.70. The summed E-state index contributed by atoms with van der Waals surface area (Å²) in [4.78, 5) is 24.2. The van der Waals surface area contributed by atoms with E-state index < -0.39 is 6.10 Å². The quantitative estimate of drug-likeness (QED) is 0.293. The van der Waals surface area contributed by atoms with Crippen molar-refractivity contribution in [2.75, 3.05) is 20.3 Å². The summed E-state index contributed by atoms with van der Waals surface area (Å²) in [7, 11) is 1.38. The van der Waals surface area contributed by atoms with Crippen molar-refractivity contribution in [2.24, 2.45) is 0 Å². The number of hydrogen-bond donors (Lipinski definition) is 0. The van der Waals surface area contributed by atoms with E-state index in [1.807, 2.05) is 42.5 Å². The normalized spacial score (nSPS) is 13.3. The number of benzene rings is 2. The molecule has 33 heavy (non-hydrogen) atoms. The smallest absolute Gasteiger partial charge is 0.335 e. The molecule has 0 N–H and O–H groups in total. The molecule has 1 unspecified atom stereocenters. The lowest BCUT2D eigenvalue weighted by molar-refractivity contribution is -0.154. The Balaban J connectivity index is 1.51. The molecule has 2 aromatic carbocycles. The molecule has 3 rings (SSSR count). The largest absolute Gasteiger partial charge is 0.492 e. The summed E-state index contributed by atoms with van der Waals surface area (Å²) in [6, 6.07) is 13.6. The lowest BCUT2D eigenvalue weighted by Crippen LogP contribution is -2.28. The summed E-state index contributed by atoms with van der Waals surface area (Å²) >= 11 is 0. The molecular formula is C28H32O5. The number of rotatable bonds is 10. The SMILES string of the molecule is CCCc1c(C#CCCCCOC(Cc2ccccc2)C(=O)OC)ccc2c1OCCC2=O. The molecule has 0 aromatic heterocycles. The molecule has 0 saturated heterocycles. The van der Waals surface area contributed by atoms with E-state index in [9.17, 15) is 9.59 Å². The molecule has 0 aliphatic carbocycles. The predicted octanol–water partition coefficient (Wildman–Crippen LogP) is 4.93. The average molecular weight is 449 g/mol. The van der Waals surface area contributed by atoms with Crippen molar-refractivity contribution in [1.82, 2.24) is 0 Å². The lowest BCUT2D eigenvalue weighted by Gasteiger charge is -2.20. The summed E-state index contributed by atoms with van der Waals surface area (Å²) in [5.74, 6) is 7.02. The minimum Gasteiger partial charge on any atom is -0.492 e. The van der Waals surface area contributed by atoms with Crippen LogP contribution in [-0.2, 0) is 27.1 Å². The van der Waals surface area contributed by atoms with Crippen LogP contribution in [0.15, 0.2) is 42.5 Å². The Morgan fingerprint density at radius 2 is 1.97 bits per heavy atom. The third kappa shape index (κ3) is 6.94. The monoisotopic (exact) mass is 448 g/mol. The van der Waals surface area contributed by atoms with Crippen LogP contribution in [0.25, 0.3) is 0 Å². The Morgan fingerprint density at radius 1 is 1.15 bits per heavy atom. The summed E-state index contributed by atoms with van der Waals surface area (Å²) in [6.07, 6.45) is 4.54. The summed E-state index contributed by atoms with van der Waals surface area (Å²) < 4.78 is 16.5. The Bertz CT molecular complexity index is 1000. The molecule has 1 heterocycles. The van der Waals surface area contributed by atoms with Gasteiger partial charge in [0.2, 0.25) is 0 Å². The van der Waals surface area contributed by atoms with Crippen LogP contribution < -0.4 is 4.74 Å². The van der Waals surface area contributed by atoms with E-state index in [-0.39, 0.29) is 11.8 Å². The van der Waals surface area contributed by atoms with E-state index in [0.717, 1.165) is 54.5 Å². The van der Waals surface area contributed by atoms with Gasteiger partial charge in [-0.2, -0.15) is 0 Å². The molecule has 5 heteroatoms. The maximum Gasteiger partial charge on any atom is 0.335 e. The number of Topliss-reactive ketones (excluding diaryl/α,β-unsaturated/α-hetero) is 1.